The van der Waals surface area contributed by atoms with Crippen molar-refractivity contribution in [3.05, 3.63) is 29.6 Å². The van der Waals surface area contributed by atoms with E-state index in [0.29, 0.717) is 37.7 Å². The first-order valence-electron chi connectivity index (χ1n) is 6.32. The SMILES string of the molecule is COCCOCCCOc1ccc(F)cc1[C@@H](C)O. The highest BCUT2D eigenvalue weighted by Gasteiger charge is 2.10. The Labute approximate surface area is 113 Å². The zero-order chi connectivity index (χ0) is 14.1. The topological polar surface area (TPSA) is 47.9 Å². The molecule has 5 heteroatoms. The van der Waals surface area contributed by atoms with Gasteiger partial charge in [0.15, 0.2) is 0 Å². The van der Waals surface area contributed by atoms with Gasteiger partial charge in [0.1, 0.15) is 11.6 Å². The normalized spacial score (nSPS) is 12.4. The van der Waals surface area contributed by atoms with Crippen LogP contribution in [0.5, 0.6) is 5.75 Å². The Kier molecular flexibility index (Phi) is 7.40. The van der Waals surface area contributed by atoms with Crippen molar-refractivity contribution >= 4 is 0 Å². The maximum absolute atomic E-state index is 13.1. The van der Waals surface area contributed by atoms with E-state index in [1.54, 1.807) is 14.0 Å². The highest BCUT2D eigenvalue weighted by atomic mass is 19.1. The van der Waals surface area contributed by atoms with Crippen LogP contribution in [0, 0.1) is 5.82 Å². The van der Waals surface area contributed by atoms with Crippen molar-refractivity contribution in [3.8, 4) is 5.75 Å². The maximum Gasteiger partial charge on any atom is 0.125 e. The van der Waals surface area contributed by atoms with Crippen LogP contribution in [0.2, 0.25) is 0 Å². The molecular formula is C14H21FO4. The zero-order valence-corrected chi connectivity index (χ0v) is 11.4. The van der Waals surface area contributed by atoms with Crippen molar-refractivity contribution in [1.29, 1.82) is 0 Å². The average molecular weight is 272 g/mol. The molecule has 0 spiro atoms. The van der Waals surface area contributed by atoms with Crippen LogP contribution >= 0.6 is 0 Å². The highest BCUT2D eigenvalue weighted by molar-refractivity contribution is 5.35. The largest absolute Gasteiger partial charge is 0.493 e. The molecule has 0 bridgehead atoms. The number of benzene rings is 1. The second kappa shape index (κ2) is 8.85. The van der Waals surface area contributed by atoms with Crippen LogP contribution in [0.1, 0.15) is 25.0 Å². The van der Waals surface area contributed by atoms with Gasteiger partial charge in [-0.2, -0.15) is 0 Å². The average Bonchev–Trinajstić information content (AvgIpc) is 2.39. The Balaban J connectivity index is 2.33. The van der Waals surface area contributed by atoms with Crippen LogP contribution in [0.3, 0.4) is 0 Å². The van der Waals surface area contributed by atoms with E-state index in [0.717, 1.165) is 6.42 Å². The molecule has 0 aliphatic heterocycles. The lowest BCUT2D eigenvalue weighted by Gasteiger charge is -2.13. The van der Waals surface area contributed by atoms with Crippen LogP contribution < -0.4 is 4.74 Å². The molecule has 108 valence electrons. The summed E-state index contributed by atoms with van der Waals surface area (Å²) in [6.45, 7) is 3.75. The number of hydrogen-bond acceptors (Lipinski definition) is 4. The van der Waals surface area contributed by atoms with Gasteiger partial charge in [-0.05, 0) is 25.1 Å². The third-order valence-corrected chi connectivity index (χ3v) is 2.54. The molecule has 0 radical (unpaired) electrons. The minimum atomic E-state index is -0.761. The van der Waals surface area contributed by atoms with Crippen molar-refractivity contribution in [2.45, 2.75) is 19.4 Å². The van der Waals surface area contributed by atoms with Crippen molar-refractivity contribution in [1.82, 2.24) is 0 Å². The molecule has 0 aromatic heterocycles. The predicted molar refractivity (Wildman–Crippen MR) is 69.8 cm³/mol. The second-order valence-electron chi connectivity index (χ2n) is 4.17. The fourth-order valence-corrected chi connectivity index (χ4v) is 1.56. The molecule has 4 nitrogen and oxygen atoms in total. The van der Waals surface area contributed by atoms with E-state index in [1.165, 1.54) is 18.2 Å². The lowest BCUT2D eigenvalue weighted by atomic mass is 10.1. The summed E-state index contributed by atoms with van der Waals surface area (Å²) in [4.78, 5) is 0. The summed E-state index contributed by atoms with van der Waals surface area (Å²) in [5.74, 6) is 0.124. The van der Waals surface area contributed by atoms with E-state index >= 15 is 0 Å². The van der Waals surface area contributed by atoms with Gasteiger partial charge in [0.2, 0.25) is 0 Å². The van der Waals surface area contributed by atoms with E-state index in [-0.39, 0.29) is 5.82 Å². The molecule has 1 aromatic carbocycles. The number of methoxy groups -OCH3 is 1. The molecule has 0 amide bonds. The Morgan fingerprint density at radius 2 is 2.00 bits per heavy atom. The zero-order valence-electron chi connectivity index (χ0n) is 11.4. The molecule has 1 rings (SSSR count). The summed E-state index contributed by atoms with van der Waals surface area (Å²) in [6, 6.07) is 4.13. The van der Waals surface area contributed by atoms with Crippen LogP contribution in [0.25, 0.3) is 0 Å². The van der Waals surface area contributed by atoms with Crippen molar-refractivity contribution in [2.75, 3.05) is 33.5 Å². The van der Waals surface area contributed by atoms with Crippen molar-refractivity contribution < 1.29 is 23.7 Å². The molecule has 0 aliphatic carbocycles. The molecule has 1 N–H and O–H groups in total. The van der Waals surface area contributed by atoms with E-state index < -0.39 is 6.10 Å². The second-order valence-corrected chi connectivity index (χ2v) is 4.17. The van der Waals surface area contributed by atoms with Crippen molar-refractivity contribution in [2.24, 2.45) is 0 Å². The third-order valence-electron chi connectivity index (χ3n) is 2.54. The predicted octanol–water partition coefficient (Wildman–Crippen LogP) is 2.31. The molecule has 0 aliphatic rings. The minimum absolute atomic E-state index is 0.383. The van der Waals surface area contributed by atoms with E-state index in [1.807, 2.05) is 0 Å². The van der Waals surface area contributed by atoms with Gasteiger partial charge in [-0.25, -0.2) is 4.39 Å². The van der Waals surface area contributed by atoms with Gasteiger partial charge in [0.05, 0.1) is 25.9 Å². The lowest BCUT2D eigenvalue weighted by molar-refractivity contribution is 0.0642. The Morgan fingerprint density at radius 3 is 2.68 bits per heavy atom. The maximum atomic E-state index is 13.1. The standard InChI is InChI=1S/C14H21FO4/c1-11(16)13-10-12(15)4-5-14(13)19-7-3-6-18-9-8-17-2/h4-5,10-11,16H,3,6-9H2,1-2H3/t11-/m1/s1. The van der Waals surface area contributed by atoms with Crippen LogP contribution in [0.15, 0.2) is 18.2 Å². The summed E-state index contributed by atoms with van der Waals surface area (Å²) < 4.78 is 28.7. The van der Waals surface area contributed by atoms with Gasteiger partial charge in [-0.1, -0.05) is 0 Å². The molecule has 1 atom stereocenters. The van der Waals surface area contributed by atoms with Gasteiger partial charge in [0.25, 0.3) is 0 Å². The first-order valence-corrected chi connectivity index (χ1v) is 6.32. The van der Waals surface area contributed by atoms with E-state index in [9.17, 15) is 9.50 Å². The Morgan fingerprint density at radius 1 is 1.21 bits per heavy atom. The van der Waals surface area contributed by atoms with Gasteiger partial charge in [-0.3, -0.25) is 0 Å². The summed E-state index contributed by atoms with van der Waals surface area (Å²) in [7, 11) is 1.62. The Bertz CT molecular complexity index is 368. The molecular weight excluding hydrogens is 251 g/mol. The summed E-state index contributed by atoms with van der Waals surface area (Å²) in [6.07, 6.45) is -0.0379. The molecule has 0 heterocycles. The number of ether oxygens (including phenoxy) is 3. The van der Waals surface area contributed by atoms with Gasteiger partial charge >= 0.3 is 0 Å². The van der Waals surface area contributed by atoms with Crippen molar-refractivity contribution in [3.63, 3.8) is 0 Å². The van der Waals surface area contributed by atoms with Gasteiger partial charge in [0, 0.05) is 25.7 Å². The van der Waals surface area contributed by atoms with Gasteiger partial charge < -0.3 is 19.3 Å². The molecule has 0 saturated heterocycles. The smallest absolute Gasteiger partial charge is 0.125 e. The third kappa shape index (κ3) is 6.00. The molecule has 1 aromatic rings. The van der Waals surface area contributed by atoms with Crippen LogP contribution in [-0.2, 0) is 9.47 Å². The number of hydrogen-bond donors (Lipinski definition) is 1. The number of aliphatic hydroxyl groups excluding tert-OH is 1. The molecule has 0 saturated carbocycles. The summed E-state index contributed by atoms with van der Waals surface area (Å²) >= 11 is 0. The van der Waals surface area contributed by atoms with Crippen LogP contribution in [0.4, 0.5) is 4.39 Å². The van der Waals surface area contributed by atoms with Crippen LogP contribution in [-0.4, -0.2) is 38.6 Å². The van der Waals surface area contributed by atoms with Gasteiger partial charge in [-0.15, -0.1) is 0 Å². The molecule has 0 unspecified atom stereocenters. The summed E-state index contributed by atoms with van der Waals surface area (Å²) in [5, 5.41) is 9.54. The minimum Gasteiger partial charge on any atom is -0.493 e. The summed E-state index contributed by atoms with van der Waals surface area (Å²) in [5.41, 5.74) is 0.459. The fourth-order valence-electron chi connectivity index (χ4n) is 1.56. The number of halogens is 1. The van der Waals surface area contributed by atoms with E-state index in [2.05, 4.69) is 0 Å². The van der Waals surface area contributed by atoms with E-state index in [4.69, 9.17) is 14.2 Å². The monoisotopic (exact) mass is 272 g/mol. The first-order chi connectivity index (χ1) is 9.15. The first kappa shape index (κ1) is 15.9. The quantitative estimate of drug-likeness (QED) is 0.701. The molecule has 19 heavy (non-hydrogen) atoms. The highest BCUT2D eigenvalue weighted by Crippen LogP contribution is 2.25. The molecule has 0 fully saturated rings. The number of aliphatic hydroxyl groups is 1. The Hall–Kier alpha value is -1.17. The lowest BCUT2D eigenvalue weighted by Crippen LogP contribution is -2.08. The fraction of sp³-hybridized carbons (Fsp3) is 0.571. The number of rotatable bonds is 9.